The van der Waals surface area contributed by atoms with E-state index in [2.05, 4.69) is 0 Å². The fraction of sp³-hybridized carbons (Fsp3) is 0.250. The molecule has 1 aromatic rings. The summed E-state index contributed by atoms with van der Waals surface area (Å²) < 4.78 is 0. The summed E-state index contributed by atoms with van der Waals surface area (Å²) in [6.45, 7) is 0. The van der Waals surface area contributed by atoms with Gasteiger partial charge in [-0.3, -0.25) is 10.1 Å². The van der Waals surface area contributed by atoms with E-state index in [0.717, 1.165) is 0 Å². The summed E-state index contributed by atoms with van der Waals surface area (Å²) in [5.74, 6) is 0. The number of alkyl halides is 2. The van der Waals surface area contributed by atoms with Crippen LogP contribution in [0, 0.1) is 10.1 Å². The lowest BCUT2D eigenvalue weighted by Crippen LogP contribution is -2.06. The molecule has 14 heavy (non-hydrogen) atoms. The van der Waals surface area contributed by atoms with E-state index >= 15 is 0 Å². The van der Waals surface area contributed by atoms with Crippen molar-refractivity contribution in [1.29, 1.82) is 0 Å². The summed E-state index contributed by atoms with van der Waals surface area (Å²) in [4.78, 5) is 8.85. The van der Waals surface area contributed by atoms with Gasteiger partial charge in [0, 0.05) is 12.1 Å². The van der Waals surface area contributed by atoms with Gasteiger partial charge in [0.05, 0.1) is 4.92 Å². The molecule has 4 nitrogen and oxygen atoms in total. The molecule has 0 heterocycles. The Balaban J connectivity index is 2.99. The number of rotatable bonds is 3. The largest absolute Gasteiger partial charge is 0.386 e. The maximum atomic E-state index is 10.4. The van der Waals surface area contributed by atoms with Crippen molar-refractivity contribution < 1.29 is 10.0 Å². The van der Waals surface area contributed by atoms with E-state index in [0.29, 0.717) is 5.56 Å². The van der Waals surface area contributed by atoms with Crippen molar-refractivity contribution in [1.82, 2.24) is 0 Å². The molecular weight excluding hydrogens is 229 g/mol. The number of nitro benzene ring substituents is 1. The third-order valence-electron chi connectivity index (χ3n) is 1.66. The first kappa shape index (κ1) is 11.2. The van der Waals surface area contributed by atoms with Crippen LogP contribution in [0.3, 0.4) is 0 Å². The number of aliphatic hydroxyl groups is 1. The number of nitro groups is 1. The molecule has 0 aromatic heterocycles. The highest BCUT2D eigenvalue weighted by Crippen LogP contribution is 2.26. The summed E-state index contributed by atoms with van der Waals surface area (Å²) in [5.41, 5.74) is 0.227. The molecule has 76 valence electrons. The maximum absolute atomic E-state index is 10.4. The highest BCUT2D eigenvalue weighted by molar-refractivity contribution is 6.44. The van der Waals surface area contributed by atoms with Crippen LogP contribution in [0.15, 0.2) is 24.3 Å². The number of aliphatic hydroxyl groups excluding tert-OH is 1. The Morgan fingerprint density at radius 3 is 2.57 bits per heavy atom. The van der Waals surface area contributed by atoms with E-state index in [1.807, 2.05) is 0 Å². The lowest BCUT2D eigenvalue weighted by molar-refractivity contribution is -0.385. The fourth-order valence-electron chi connectivity index (χ4n) is 0.968. The van der Waals surface area contributed by atoms with Crippen molar-refractivity contribution in [3.05, 3.63) is 39.9 Å². The predicted octanol–water partition coefficient (Wildman–Crippen LogP) is 2.43. The van der Waals surface area contributed by atoms with E-state index in [4.69, 9.17) is 23.2 Å². The second kappa shape index (κ2) is 4.59. The van der Waals surface area contributed by atoms with Crippen LogP contribution in [0.4, 0.5) is 5.69 Å². The Kier molecular flexibility index (Phi) is 3.69. The van der Waals surface area contributed by atoms with Gasteiger partial charge >= 0.3 is 0 Å². The van der Waals surface area contributed by atoms with Crippen LogP contribution in [0.5, 0.6) is 0 Å². The average Bonchev–Trinajstić information content (AvgIpc) is 2.16. The smallest absolute Gasteiger partial charge is 0.269 e. The lowest BCUT2D eigenvalue weighted by Gasteiger charge is -2.10. The van der Waals surface area contributed by atoms with E-state index in [1.54, 1.807) is 0 Å². The Morgan fingerprint density at radius 1 is 1.43 bits per heavy atom. The van der Waals surface area contributed by atoms with Gasteiger partial charge in [-0.15, -0.1) is 23.2 Å². The molecule has 0 saturated carbocycles. The van der Waals surface area contributed by atoms with Crippen LogP contribution < -0.4 is 0 Å². The van der Waals surface area contributed by atoms with Crippen LogP contribution in [0.2, 0.25) is 0 Å². The van der Waals surface area contributed by atoms with E-state index < -0.39 is 15.9 Å². The van der Waals surface area contributed by atoms with Crippen molar-refractivity contribution in [2.75, 3.05) is 0 Å². The maximum Gasteiger partial charge on any atom is 0.269 e. The number of nitrogens with zero attached hydrogens (tertiary/aromatic N) is 1. The van der Waals surface area contributed by atoms with Gasteiger partial charge in [0.2, 0.25) is 0 Å². The number of non-ortho nitro benzene ring substituents is 1. The van der Waals surface area contributed by atoms with Crippen LogP contribution >= 0.6 is 23.2 Å². The average molecular weight is 236 g/mol. The highest BCUT2D eigenvalue weighted by atomic mass is 35.5. The summed E-state index contributed by atoms with van der Waals surface area (Å²) in [7, 11) is 0. The number of hydrogen-bond acceptors (Lipinski definition) is 3. The van der Waals surface area contributed by atoms with Gasteiger partial charge in [-0.05, 0) is 5.56 Å². The van der Waals surface area contributed by atoms with Crippen LogP contribution in [0.25, 0.3) is 0 Å². The summed E-state index contributed by atoms with van der Waals surface area (Å²) in [6, 6.07) is 5.55. The zero-order chi connectivity index (χ0) is 10.7. The van der Waals surface area contributed by atoms with Crippen molar-refractivity contribution in [2.45, 2.75) is 10.9 Å². The minimum atomic E-state index is -1.11. The second-order valence-corrected chi connectivity index (χ2v) is 3.80. The first-order chi connectivity index (χ1) is 6.52. The summed E-state index contributed by atoms with van der Waals surface area (Å²) in [6.07, 6.45) is -1.11. The molecule has 0 aliphatic heterocycles. The molecule has 0 amide bonds. The highest BCUT2D eigenvalue weighted by Gasteiger charge is 2.17. The molecule has 1 N–H and O–H groups in total. The van der Waals surface area contributed by atoms with Crippen LogP contribution in [-0.4, -0.2) is 14.9 Å². The Hall–Kier alpha value is -0.840. The Labute approximate surface area is 90.2 Å². The second-order valence-electron chi connectivity index (χ2n) is 2.63. The number of hydrogen-bond donors (Lipinski definition) is 1. The molecule has 0 bridgehead atoms. The van der Waals surface area contributed by atoms with Gasteiger partial charge in [-0.25, -0.2) is 0 Å². The molecule has 1 rings (SSSR count). The Bertz CT molecular complexity index is 343. The third-order valence-corrected chi connectivity index (χ3v) is 2.14. The van der Waals surface area contributed by atoms with E-state index in [1.165, 1.54) is 24.3 Å². The first-order valence-corrected chi connectivity index (χ1v) is 4.60. The van der Waals surface area contributed by atoms with Gasteiger partial charge in [-0.1, -0.05) is 12.1 Å². The molecular formula is C8H7Cl2NO3. The minimum Gasteiger partial charge on any atom is -0.386 e. The monoisotopic (exact) mass is 235 g/mol. The quantitative estimate of drug-likeness (QED) is 0.498. The zero-order valence-corrected chi connectivity index (χ0v) is 8.44. The van der Waals surface area contributed by atoms with Gasteiger partial charge in [-0.2, -0.15) is 0 Å². The number of halogens is 2. The van der Waals surface area contributed by atoms with E-state index in [9.17, 15) is 15.2 Å². The SMILES string of the molecule is O=[N+]([O-])c1cccc([C@H](O)C(Cl)Cl)c1. The first-order valence-electron chi connectivity index (χ1n) is 3.73. The lowest BCUT2D eigenvalue weighted by atomic mass is 10.1. The van der Waals surface area contributed by atoms with Gasteiger partial charge in [0.15, 0.2) is 0 Å². The van der Waals surface area contributed by atoms with Crippen molar-refractivity contribution in [3.8, 4) is 0 Å². The van der Waals surface area contributed by atoms with Crippen molar-refractivity contribution in [3.63, 3.8) is 0 Å². The molecule has 0 unspecified atom stereocenters. The molecule has 1 atom stereocenters. The molecule has 0 aliphatic carbocycles. The summed E-state index contributed by atoms with van der Waals surface area (Å²) in [5, 5.41) is 19.8. The van der Waals surface area contributed by atoms with Crippen molar-refractivity contribution in [2.24, 2.45) is 0 Å². The number of benzene rings is 1. The molecule has 0 aliphatic rings. The molecule has 6 heteroatoms. The van der Waals surface area contributed by atoms with Crippen LogP contribution in [-0.2, 0) is 0 Å². The van der Waals surface area contributed by atoms with Crippen molar-refractivity contribution >= 4 is 28.9 Å². The third kappa shape index (κ3) is 2.57. The Morgan fingerprint density at radius 2 is 2.07 bits per heavy atom. The zero-order valence-electron chi connectivity index (χ0n) is 6.93. The topological polar surface area (TPSA) is 63.4 Å². The van der Waals surface area contributed by atoms with E-state index in [-0.39, 0.29) is 5.69 Å². The standard InChI is InChI=1S/C8H7Cl2NO3/c9-8(10)7(12)5-2-1-3-6(4-5)11(13)14/h1-4,7-8,12H/t7-/m0/s1. The van der Waals surface area contributed by atoms with Crippen LogP contribution in [0.1, 0.15) is 11.7 Å². The predicted molar refractivity (Wildman–Crippen MR) is 53.6 cm³/mol. The van der Waals surface area contributed by atoms with Gasteiger partial charge in [0.1, 0.15) is 10.9 Å². The molecule has 0 saturated heterocycles. The molecule has 1 aromatic carbocycles. The summed E-state index contributed by atoms with van der Waals surface area (Å²) >= 11 is 10.9. The minimum absolute atomic E-state index is 0.101. The fourth-order valence-corrected chi connectivity index (χ4v) is 1.26. The van der Waals surface area contributed by atoms with Gasteiger partial charge in [0.25, 0.3) is 5.69 Å². The molecule has 0 radical (unpaired) electrons. The normalized spacial score (nSPS) is 12.9. The van der Waals surface area contributed by atoms with Gasteiger partial charge < -0.3 is 5.11 Å². The molecule has 0 fully saturated rings. The molecule has 0 spiro atoms.